The molecule has 0 unspecified atom stereocenters. The Morgan fingerprint density at radius 2 is 1.94 bits per heavy atom. The highest BCUT2D eigenvalue weighted by atomic mass is 35.5. The Balaban J connectivity index is 1.77. The quantitative estimate of drug-likeness (QED) is 0.294. The number of aliphatic imine (C=N–C) groups is 1. The maximum absolute atomic E-state index is 13.7. The molecule has 0 saturated carbocycles. The molecule has 176 valence electrons. The first kappa shape index (κ1) is 24.7. The van der Waals surface area contributed by atoms with E-state index in [9.17, 15) is 14.0 Å². The number of rotatable bonds is 9. The third-order valence-electron chi connectivity index (χ3n) is 5.89. The predicted molar refractivity (Wildman–Crippen MR) is 127 cm³/mol. The summed E-state index contributed by atoms with van der Waals surface area (Å²) < 4.78 is 13.7. The van der Waals surface area contributed by atoms with Crippen LogP contribution >= 0.6 is 11.6 Å². The van der Waals surface area contributed by atoms with E-state index in [4.69, 9.17) is 23.1 Å². The SMILES string of the molecule is CCN(C)Cc1ccc2c(c1)C[C@H](CN=C(N)N)[C@H]2NC(=O)C(=O)Cc1ccc(Cl)c(F)c1. The molecule has 0 aromatic heterocycles. The number of nitrogens with zero attached hydrogens (tertiary/aromatic N) is 2. The van der Waals surface area contributed by atoms with E-state index < -0.39 is 23.5 Å². The summed E-state index contributed by atoms with van der Waals surface area (Å²) in [6.07, 6.45) is 0.456. The molecule has 5 N–H and O–H groups in total. The second kappa shape index (κ2) is 10.8. The van der Waals surface area contributed by atoms with Crippen LogP contribution in [0.5, 0.6) is 0 Å². The van der Waals surface area contributed by atoms with E-state index in [-0.39, 0.29) is 23.3 Å². The van der Waals surface area contributed by atoms with Gasteiger partial charge in [0.15, 0.2) is 5.96 Å². The molecule has 7 nitrogen and oxygen atoms in total. The zero-order valence-electron chi connectivity index (χ0n) is 18.8. The molecule has 0 heterocycles. The van der Waals surface area contributed by atoms with Crippen molar-refractivity contribution < 1.29 is 14.0 Å². The lowest BCUT2D eigenvalue weighted by molar-refractivity contribution is -0.138. The smallest absolute Gasteiger partial charge is 0.288 e. The Morgan fingerprint density at radius 3 is 2.61 bits per heavy atom. The summed E-state index contributed by atoms with van der Waals surface area (Å²) >= 11 is 5.69. The van der Waals surface area contributed by atoms with Crippen LogP contribution < -0.4 is 16.8 Å². The standard InChI is InChI=1S/C24H29ClFN5O2/c1-3-31(2)13-15-4-6-18-16(8-15)11-17(12-29-24(27)28)22(18)30-23(33)21(32)10-14-5-7-19(25)20(26)9-14/h4-9,17,22H,3,10-13H2,1-2H3,(H,30,33)(H4,27,28,29)/t17-,22-/m1/s1. The Bertz CT molecular complexity index is 1070. The van der Waals surface area contributed by atoms with Crippen LogP contribution in [0.25, 0.3) is 0 Å². The fraction of sp³-hybridized carbons (Fsp3) is 0.375. The summed E-state index contributed by atoms with van der Waals surface area (Å²) in [4.78, 5) is 31.6. The first-order chi connectivity index (χ1) is 15.7. The molecule has 9 heteroatoms. The van der Waals surface area contributed by atoms with Crippen molar-refractivity contribution in [3.05, 3.63) is 69.5 Å². The number of carbonyl (C=O) groups is 2. The van der Waals surface area contributed by atoms with E-state index in [1.54, 1.807) is 0 Å². The molecular weight excluding hydrogens is 445 g/mol. The fourth-order valence-electron chi connectivity index (χ4n) is 4.04. The topological polar surface area (TPSA) is 114 Å². The van der Waals surface area contributed by atoms with Crippen molar-refractivity contribution >= 4 is 29.3 Å². The maximum atomic E-state index is 13.7. The van der Waals surface area contributed by atoms with Gasteiger partial charge in [-0.15, -0.1) is 0 Å². The zero-order valence-corrected chi connectivity index (χ0v) is 19.5. The molecular formula is C24H29ClFN5O2. The molecule has 1 aliphatic rings. The maximum Gasteiger partial charge on any atom is 0.288 e. The first-order valence-corrected chi connectivity index (χ1v) is 11.2. The number of ketones is 1. The van der Waals surface area contributed by atoms with E-state index in [2.05, 4.69) is 35.2 Å². The van der Waals surface area contributed by atoms with Crippen molar-refractivity contribution in [3.63, 3.8) is 0 Å². The van der Waals surface area contributed by atoms with Crippen LogP contribution in [0.3, 0.4) is 0 Å². The summed E-state index contributed by atoms with van der Waals surface area (Å²) in [5.74, 6) is -2.14. The van der Waals surface area contributed by atoms with E-state index in [0.29, 0.717) is 18.5 Å². The minimum Gasteiger partial charge on any atom is -0.370 e. The van der Waals surface area contributed by atoms with Crippen LogP contribution in [0.4, 0.5) is 4.39 Å². The number of halogens is 2. The molecule has 0 radical (unpaired) electrons. The lowest BCUT2D eigenvalue weighted by Gasteiger charge is -2.21. The van der Waals surface area contributed by atoms with Gasteiger partial charge in [-0.3, -0.25) is 14.6 Å². The van der Waals surface area contributed by atoms with E-state index in [1.165, 1.54) is 17.7 Å². The number of benzene rings is 2. The minimum atomic E-state index is -0.729. The third kappa shape index (κ3) is 6.30. The van der Waals surface area contributed by atoms with Gasteiger partial charge in [-0.05, 0) is 54.4 Å². The number of hydrogen-bond acceptors (Lipinski definition) is 4. The van der Waals surface area contributed by atoms with E-state index >= 15 is 0 Å². The minimum absolute atomic E-state index is 0.0258. The summed E-state index contributed by atoms with van der Waals surface area (Å²) in [6.45, 7) is 4.17. The molecule has 3 rings (SSSR count). The van der Waals surface area contributed by atoms with Gasteiger partial charge in [0, 0.05) is 25.4 Å². The number of Topliss-reactive ketones (excluding diaryl/α,β-unsaturated/α-hetero) is 1. The lowest BCUT2D eigenvalue weighted by Crippen LogP contribution is -2.38. The Morgan fingerprint density at radius 1 is 1.21 bits per heavy atom. The molecule has 2 atom stereocenters. The van der Waals surface area contributed by atoms with Gasteiger partial charge in [-0.1, -0.05) is 42.8 Å². The van der Waals surface area contributed by atoms with Crippen LogP contribution in [-0.4, -0.2) is 42.7 Å². The molecule has 0 saturated heterocycles. The first-order valence-electron chi connectivity index (χ1n) is 10.8. The molecule has 2 aromatic carbocycles. The molecule has 33 heavy (non-hydrogen) atoms. The van der Waals surface area contributed by atoms with Gasteiger partial charge in [0.05, 0.1) is 11.1 Å². The second-order valence-electron chi connectivity index (χ2n) is 8.39. The number of hydrogen-bond donors (Lipinski definition) is 3. The largest absolute Gasteiger partial charge is 0.370 e. The van der Waals surface area contributed by atoms with Gasteiger partial charge in [-0.2, -0.15) is 0 Å². The van der Waals surface area contributed by atoms with Crippen molar-refractivity contribution in [2.24, 2.45) is 22.4 Å². The second-order valence-corrected chi connectivity index (χ2v) is 8.80. The zero-order chi connectivity index (χ0) is 24.1. The normalized spacial score (nSPS) is 17.0. The number of carbonyl (C=O) groups excluding carboxylic acids is 2. The van der Waals surface area contributed by atoms with Crippen molar-refractivity contribution in [1.82, 2.24) is 10.2 Å². The molecule has 1 amide bonds. The average Bonchev–Trinajstić information content (AvgIpc) is 3.11. The number of amides is 1. The lowest BCUT2D eigenvalue weighted by atomic mass is 9.99. The third-order valence-corrected chi connectivity index (χ3v) is 6.19. The number of nitrogens with one attached hydrogen (secondary N) is 1. The highest BCUT2D eigenvalue weighted by Crippen LogP contribution is 2.37. The van der Waals surface area contributed by atoms with E-state index in [1.807, 2.05) is 12.1 Å². The number of fused-ring (bicyclic) bond motifs is 1. The number of nitrogens with two attached hydrogens (primary N) is 2. The van der Waals surface area contributed by atoms with Crippen LogP contribution in [-0.2, 0) is 29.0 Å². The highest BCUT2D eigenvalue weighted by Gasteiger charge is 2.34. The summed E-state index contributed by atoms with van der Waals surface area (Å²) in [6, 6.07) is 9.81. The van der Waals surface area contributed by atoms with Crippen molar-refractivity contribution in [2.75, 3.05) is 20.1 Å². The van der Waals surface area contributed by atoms with Crippen molar-refractivity contribution in [1.29, 1.82) is 0 Å². The molecule has 1 aliphatic carbocycles. The Kier molecular flexibility index (Phi) is 8.05. The average molecular weight is 474 g/mol. The van der Waals surface area contributed by atoms with Gasteiger partial charge in [0.1, 0.15) is 5.82 Å². The van der Waals surface area contributed by atoms with Gasteiger partial charge in [0.25, 0.3) is 5.91 Å². The molecule has 0 fully saturated rings. The fourth-order valence-corrected chi connectivity index (χ4v) is 4.16. The van der Waals surface area contributed by atoms with Crippen molar-refractivity contribution in [2.45, 2.75) is 32.4 Å². The molecule has 2 aromatic rings. The predicted octanol–water partition coefficient (Wildman–Crippen LogP) is 2.35. The monoisotopic (exact) mass is 473 g/mol. The molecule has 0 spiro atoms. The Labute approximate surface area is 198 Å². The van der Waals surface area contributed by atoms with Crippen LogP contribution in [0.15, 0.2) is 41.4 Å². The summed E-state index contributed by atoms with van der Waals surface area (Å²) in [5.41, 5.74) is 14.6. The summed E-state index contributed by atoms with van der Waals surface area (Å²) in [5, 5.41) is 2.82. The van der Waals surface area contributed by atoms with Gasteiger partial charge in [-0.25, -0.2) is 4.39 Å². The van der Waals surface area contributed by atoms with Crippen LogP contribution in [0.2, 0.25) is 5.02 Å². The van der Waals surface area contributed by atoms with E-state index in [0.717, 1.165) is 30.3 Å². The van der Waals surface area contributed by atoms with Gasteiger partial charge < -0.3 is 21.7 Å². The molecule has 0 bridgehead atoms. The Hall–Kier alpha value is -2.97. The number of guanidine groups is 1. The van der Waals surface area contributed by atoms with Crippen molar-refractivity contribution in [3.8, 4) is 0 Å². The molecule has 0 aliphatic heterocycles. The van der Waals surface area contributed by atoms with Gasteiger partial charge in [0.2, 0.25) is 5.78 Å². The summed E-state index contributed by atoms with van der Waals surface area (Å²) in [7, 11) is 2.05. The van der Waals surface area contributed by atoms with Crippen LogP contribution in [0, 0.1) is 11.7 Å². The highest BCUT2D eigenvalue weighted by molar-refractivity contribution is 6.36. The van der Waals surface area contributed by atoms with Gasteiger partial charge >= 0.3 is 0 Å². The van der Waals surface area contributed by atoms with Crippen LogP contribution in [0.1, 0.15) is 35.2 Å².